The highest BCUT2D eigenvalue weighted by atomic mass is 16.5. The van der Waals surface area contributed by atoms with E-state index in [1.54, 1.807) is 7.11 Å². The molecule has 1 fully saturated rings. The van der Waals surface area contributed by atoms with Gasteiger partial charge in [-0.2, -0.15) is 0 Å². The monoisotopic (exact) mass is 185 g/mol. The molecule has 1 aliphatic rings. The van der Waals surface area contributed by atoms with Crippen LogP contribution in [0.1, 0.15) is 39.0 Å². The molecular weight excluding hydrogens is 162 g/mol. The maximum absolute atomic E-state index is 5.00. The van der Waals surface area contributed by atoms with Crippen LogP contribution < -0.4 is 5.32 Å². The van der Waals surface area contributed by atoms with E-state index in [9.17, 15) is 0 Å². The highest BCUT2D eigenvalue weighted by molar-refractivity contribution is 4.82. The van der Waals surface area contributed by atoms with Crippen LogP contribution in [-0.2, 0) is 4.74 Å². The summed E-state index contributed by atoms with van der Waals surface area (Å²) in [7, 11) is 1.76. The standard InChI is InChI=1S/C11H23NO/c1-11(6-3-4-7-11)10-12-8-5-9-13-2/h12H,3-10H2,1-2H3. The van der Waals surface area contributed by atoms with E-state index in [-0.39, 0.29) is 0 Å². The van der Waals surface area contributed by atoms with Crippen LogP contribution in [0, 0.1) is 5.41 Å². The molecule has 1 N–H and O–H groups in total. The van der Waals surface area contributed by atoms with Crippen LogP contribution in [0.4, 0.5) is 0 Å². The molecule has 0 amide bonds. The number of rotatable bonds is 6. The van der Waals surface area contributed by atoms with Gasteiger partial charge in [-0.1, -0.05) is 19.8 Å². The molecule has 0 radical (unpaired) electrons. The van der Waals surface area contributed by atoms with Gasteiger partial charge in [0.2, 0.25) is 0 Å². The zero-order valence-electron chi connectivity index (χ0n) is 9.07. The topological polar surface area (TPSA) is 21.3 Å². The van der Waals surface area contributed by atoms with Gasteiger partial charge >= 0.3 is 0 Å². The molecule has 0 bridgehead atoms. The minimum absolute atomic E-state index is 0.590. The van der Waals surface area contributed by atoms with Crippen LogP contribution in [-0.4, -0.2) is 26.8 Å². The zero-order valence-corrected chi connectivity index (χ0v) is 9.07. The van der Waals surface area contributed by atoms with E-state index in [1.807, 2.05) is 0 Å². The third kappa shape index (κ3) is 4.10. The van der Waals surface area contributed by atoms with Gasteiger partial charge in [0.25, 0.3) is 0 Å². The molecule has 0 aliphatic heterocycles. The fourth-order valence-electron chi connectivity index (χ4n) is 2.14. The van der Waals surface area contributed by atoms with Gasteiger partial charge in [0.05, 0.1) is 0 Å². The number of nitrogens with one attached hydrogen (secondary N) is 1. The summed E-state index contributed by atoms with van der Waals surface area (Å²) in [5.41, 5.74) is 0.590. The average Bonchev–Trinajstić information content (AvgIpc) is 2.53. The van der Waals surface area contributed by atoms with Gasteiger partial charge in [-0.25, -0.2) is 0 Å². The minimum Gasteiger partial charge on any atom is -0.385 e. The van der Waals surface area contributed by atoms with Crippen LogP contribution in [0.3, 0.4) is 0 Å². The Balaban J connectivity index is 1.98. The normalized spacial score (nSPS) is 20.8. The first-order chi connectivity index (χ1) is 6.27. The Labute approximate surface area is 82.0 Å². The van der Waals surface area contributed by atoms with E-state index in [0.717, 1.165) is 19.6 Å². The fraction of sp³-hybridized carbons (Fsp3) is 1.00. The maximum Gasteiger partial charge on any atom is 0.0474 e. The van der Waals surface area contributed by atoms with Crippen molar-refractivity contribution in [3.63, 3.8) is 0 Å². The fourth-order valence-corrected chi connectivity index (χ4v) is 2.14. The highest BCUT2D eigenvalue weighted by Crippen LogP contribution is 2.36. The van der Waals surface area contributed by atoms with Crippen molar-refractivity contribution in [3.8, 4) is 0 Å². The average molecular weight is 185 g/mol. The molecule has 1 aliphatic carbocycles. The quantitative estimate of drug-likeness (QED) is 0.640. The Kier molecular flexibility index (Phi) is 4.74. The van der Waals surface area contributed by atoms with Gasteiger partial charge in [0.1, 0.15) is 0 Å². The summed E-state index contributed by atoms with van der Waals surface area (Å²) in [4.78, 5) is 0. The highest BCUT2D eigenvalue weighted by Gasteiger charge is 2.27. The van der Waals surface area contributed by atoms with Gasteiger partial charge in [-0.05, 0) is 31.2 Å². The summed E-state index contributed by atoms with van der Waals surface area (Å²) in [6.45, 7) is 5.58. The molecule has 78 valence electrons. The van der Waals surface area contributed by atoms with Gasteiger partial charge < -0.3 is 10.1 Å². The third-order valence-corrected chi connectivity index (χ3v) is 3.06. The van der Waals surface area contributed by atoms with Gasteiger partial charge in [0, 0.05) is 20.3 Å². The Hall–Kier alpha value is -0.0800. The molecule has 0 unspecified atom stereocenters. The molecule has 2 nitrogen and oxygen atoms in total. The van der Waals surface area contributed by atoms with E-state index in [2.05, 4.69) is 12.2 Å². The first-order valence-corrected chi connectivity index (χ1v) is 5.46. The molecule has 0 aromatic carbocycles. The summed E-state index contributed by atoms with van der Waals surface area (Å²) in [6.07, 6.45) is 6.80. The largest absolute Gasteiger partial charge is 0.385 e. The predicted molar refractivity (Wildman–Crippen MR) is 55.9 cm³/mol. The van der Waals surface area contributed by atoms with Crippen molar-refractivity contribution in [1.29, 1.82) is 0 Å². The molecule has 13 heavy (non-hydrogen) atoms. The first-order valence-electron chi connectivity index (χ1n) is 5.46. The van der Waals surface area contributed by atoms with Crippen molar-refractivity contribution in [3.05, 3.63) is 0 Å². The van der Waals surface area contributed by atoms with Crippen molar-refractivity contribution in [1.82, 2.24) is 5.32 Å². The van der Waals surface area contributed by atoms with E-state index in [0.29, 0.717) is 5.41 Å². The van der Waals surface area contributed by atoms with E-state index >= 15 is 0 Å². The number of ether oxygens (including phenoxy) is 1. The smallest absolute Gasteiger partial charge is 0.0474 e. The van der Waals surface area contributed by atoms with Crippen LogP contribution in [0.5, 0.6) is 0 Å². The zero-order chi connectivity index (χ0) is 9.57. The van der Waals surface area contributed by atoms with Crippen LogP contribution in [0.2, 0.25) is 0 Å². The molecule has 0 saturated heterocycles. The van der Waals surface area contributed by atoms with Crippen molar-refractivity contribution in [2.75, 3.05) is 26.8 Å². The lowest BCUT2D eigenvalue weighted by Crippen LogP contribution is -2.30. The molecule has 0 aromatic heterocycles. The summed E-state index contributed by atoms with van der Waals surface area (Å²) in [6, 6.07) is 0. The van der Waals surface area contributed by atoms with Crippen molar-refractivity contribution in [2.24, 2.45) is 5.41 Å². The molecular formula is C11H23NO. The SMILES string of the molecule is COCCCNCC1(C)CCCC1. The molecule has 2 heteroatoms. The van der Waals surface area contributed by atoms with Crippen molar-refractivity contribution < 1.29 is 4.74 Å². The van der Waals surface area contributed by atoms with Gasteiger partial charge in [-0.3, -0.25) is 0 Å². The summed E-state index contributed by atoms with van der Waals surface area (Å²) >= 11 is 0. The number of hydrogen-bond acceptors (Lipinski definition) is 2. The predicted octanol–water partition coefficient (Wildman–Crippen LogP) is 2.19. The van der Waals surface area contributed by atoms with E-state index < -0.39 is 0 Å². The summed E-state index contributed by atoms with van der Waals surface area (Å²) < 4.78 is 5.00. The lowest BCUT2D eigenvalue weighted by molar-refractivity contribution is 0.192. The summed E-state index contributed by atoms with van der Waals surface area (Å²) in [5.74, 6) is 0. The second-order valence-electron chi connectivity index (χ2n) is 4.54. The van der Waals surface area contributed by atoms with Crippen molar-refractivity contribution >= 4 is 0 Å². The van der Waals surface area contributed by atoms with Gasteiger partial charge in [0.15, 0.2) is 0 Å². The molecule has 0 atom stereocenters. The van der Waals surface area contributed by atoms with Crippen molar-refractivity contribution in [2.45, 2.75) is 39.0 Å². The Bertz CT molecular complexity index is 130. The molecule has 0 spiro atoms. The molecule has 1 saturated carbocycles. The first kappa shape index (κ1) is 11.0. The van der Waals surface area contributed by atoms with Gasteiger partial charge in [-0.15, -0.1) is 0 Å². The lowest BCUT2D eigenvalue weighted by atomic mass is 9.89. The van der Waals surface area contributed by atoms with Crippen LogP contribution >= 0.6 is 0 Å². The lowest BCUT2D eigenvalue weighted by Gasteiger charge is -2.23. The van der Waals surface area contributed by atoms with Crippen LogP contribution in [0.25, 0.3) is 0 Å². The summed E-state index contributed by atoms with van der Waals surface area (Å²) in [5, 5.41) is 3.52. The Morgan fingerprint density at radius 2 is 2.00 bits per heavy atom. The second kappa shape index (κ2) is 5.61. The number of methoxy groups -OCH3 is 1. The third-order valence-electron chi connectivity index (χ3n) is 3.06. The maximum atomic E-state index is 5.00. The Morgan fingerprint density at radius 1 is 1.31 bits per heavy atom. The second-order valence-corrected chi connectivity index (χ2v) is 4.54. The minimum atomic E-state index is 0.590. The molecule has 1 rings (SSSR count). The number of hydrogen-bond donors (Lipinski definition) is 1. The van der Waals surface area contributed by atoms with E-state index in [4.69, 9.17) is 4.74 Å². The van der Waals surface area contributed by atoms with E-state index in [1.165, 1.54) is 32.2 Å². The molecule has 0 aromatic rings. The Morgan fingerprint density at radius 3 is 2.62 bits per heavy atom. The van der Waals surface area contributed by atoms with Crippen LogP contribution in [0.15, 0.2) is 0 Å². The molecule has 0 heterocycles.